The molecule has 10 nitrogen and oxygen atoms in total. The summed E-state index contributed by atoms with van der Waals surface area (Å²) in [5.74, 6) is 0.724. The fourth-order valence-electron chi connectivity index (χ4n) is 3.62. The predicted molar refractivity (Wildman–Crippen MR) is 150 cm³/mol. The van der Waals surface area contributed by atoms with E-state index in [4.69, 9.17) is 14.2 Å². The summed E-state index contributed by atoms with van der Waals surface area (Å²) in [4.78, 5) is 28.8. The van der Waals surface area contributed by atoms with Crippen molar-refractivity contribution < 1.29 is 19.0 Å². The van der Waals surface area contributed by atoms with E-state index >= 15 is 0 Å². The van der Waals surface area contributed by atoms with E-state index < -0.39 is 0 Å². The number of carbonyl (C=O) groups is 1. The van der Waals surface area contributed by atoms with Crippen LogP contribution >= 0.6 is 27.3 Å². The lowest BCUT2D eigenvalue weighted by Gasteiger charge is -2.13. The van der Waals surface area contributed by atoms with E-state index in [1.165, 1.54) is 11.3 Å². The number of rotatable bonds is 11. The number of thiazole rings is 1. The molecule has 0 saturated heterocycles. The Labute approximate surface area is 231 Å². The summed E-state index contributed by atoms with van der Waals surface area (Å²) in [7, 11) is 3.36. The second-order valence-corrected chi connectivity index (χ2v) is 9.58. The van der Waals surface area contributed by atoms with E-state index in [0.717, 1.165) is 11.3 Å². The number of aromatic nitrogens is 3. The molecule has 198 valence electrons. The SMILES string of the molecule is CCOC(=O)Cc1csc(NN=Cc2ccc(OCc3c(Br)c(=O)n(-c4ccccc4)n3C)c(OC)c2)n1. The van der Waals surface area contributed by atoms with Crippen molar-refractivity contribution in [3.05, 3.63) is 85.7 Å². The Hall–Kier alpha value is -3.90. The monoisotopic (exact) mass is 599 g/mol. The van der Waals surface area contributed by atoms with Gasteiger partial charge < -0.3 is 14.2 Å². The largest absolute Gasteiger partial charge is 0.493 e. The van der Waals surface area contributed by atoms with Crippen LogP contribution < -0.4 is 20.5 Å². The van der Waals surface area contributed by atoms with Crippen molar-refractivity contribution in [2.45, 2.75) is 20.0 Å². The quantitative estimate of drug-likeness (QED) is 0.153. The van der Waals surface area contributed by atoms with Crippen LogP contribution in [0.2, 0.25) is 0 Å². The molecule has 0 aliphatic heterocycles. The summed E-state index contributed by atoms with van der Waals surface area (Å²) < 4.78 is 20.3. The number of halogens is 1. The highest BCUT2D eigenvalue weighted by Gasteiger charge is 2.18. The van der Waals surface area contributed by atoms with Crippen molar-refractivity contribution in [3.63, 3.8) is 0 Å². The fourth-order valence-corrected chi connectivity index (χ4v) is 4.82. The summed E-state index contributed by atoms with van der Waals surface area (Å²) in [6.07, 6.45) is 1.75. The molecule has 0 aliphatic rings. The molecule has 38 heavy (non-hydrogen) atoms. The first kappa shape index (κ1) is 27.1. The minimum atomic E-state index is -0.314. The molecule has 0 atom stereocenters. The summed E-state index contributed by atoms with van der Waals surface area (Å²) in [6, 6.07) is 14.8. The highest BCUT2D eigenvalue weighted by molar-refractivity contribution is 9.10. The standard InChI is InChI=1S/C26H26BrN5O5S/c1-4-36-23(33)13-18-16-38-26(29-18)30-28-14-17-10-11-21(22(12-17)35-3)37-15-20-24(27)25(34)32(31(20)2)19-8-6-5-7-9-19/h5-12,14,16H,4,13,15H2,1-3H3,(H,29,30). The van der Waals surface area contributed by atoms with Crippen molar-refractivity contribution in [1.82, 2.24) is 14.3 Å². The Morgan fingerprint density at radius 2 is 2.00 bits per heavy atom. The molecule has 0 unspecified atom stereocenters. The molecule has 4 rings (SSSR count). The van der Waals surface area contributed by atoms with Crippen molar-refractivity contribution in [2.75, 3.05) is 19.1 Å². The third-order valence-corrected chi connectivity index (χ3v) is 7.03. The van der Waals surface area contributed by atoms with Gasteiger partial charge in [-0.25, -0.2) is 9.67 Å². The molecule has 2 aromatic heterocycles. The van der Waals surface area contributed by atoms with Crippen LogP contribution in [0.15, 0.2) is 68.3 Å². The molecule has 2 heterocycles. The highest BCUT2D eigenvalue weighted by Crippen LogP contribution is 2.29. The first-order valence-electron chi connectivity index (χ1n) is 11.6. The van der Waals surface area contributed by atoms with Crippen molar-refractivity contribution >= 4 is 44.6 Å². The number of nitrogens with zero attached hydrogens (tertiary/aromatic N) is 4. The van der Waals surface area contributed by atoms with Crippen LogP contribution in [0.5, 0.6) is 11.5 Å². The van der Waals surface area contributed by atoms with Crippen molar-refractivity contribution in [2.24, 2.45) is 12.1 Å². The van der Waals surface area contributed by atoms with Crippen LogP contribution in [0.4, 0.5) is 5.13 Å². The predicted octanol–water partition coefficient (Wildman–Crippen LogP) is 4.53. The molecule has 1 N–H and O–H groups in total. The van der Waals surface area contributed by atoms with E-state index in [9.17, 15) is 9.59 Å². The molecule has 0 spiro atoms. The third kappa shape index (κ3) is 6.32. The molecule has 4 aromatic rings. The first-order valence-corrected chi connectivity index (χ1v) is 13.3. The van der Waals surface area contributed by atoms with Gasteiger partial charge in [-0.05, 0) is 58.7 Å². The van der Waals surface area contributed by atoms with Crippen LogP contribution in [0.3, 0.4) is 0 Å². The minimum Gasteiger partial charge on any atom is -0.493 e. The molecule has 12 heteroatoms. The second-order valence-electron chi connectivity index (χ2n) is 7.93. The Morgan fingerprint density at radius 1 is 1.21 bits per heavy atom. The third-order valence-electron chi connectivity index (χ3n) is 5.43. The lowest BCUT2D eigenvalue weighted by atomic mass is 10.2. The summed E-state index contributed by atoms with van der Waals surface area (Å²) in [6.45, 7) is 2.25. The number of nitrogens with one attached hydrogen (secondary N) is 1. The zero-order valence-electron chi connectivity index (χ0n) is 21.0. The number of methoxy groups -OCH3 is 1. The van der Waals surface area contributed by atoms with Crippen molar-refractivity contribution in [1.29, 1.82) is 0 Å². The van der Waals surface area contributed by atoms with Crippen LogP contribution in [-0.4, -0.2) is 40.2 Å². The first-order chi connectivity index (χ1) is 18.4. The van der Waals surface area contributed by atoms with Gasteiger partial charge in [0, 0.05) is 12.4 Å². The van der Waals surface area contributed by atoms with Gasteiger partial charge in [-0.3, -0.25) is 19.7 Å². The number of carbonyl (C=O) groups excluding carboxylic acids is 1. The topological polar surface area (TPSA) is 109 Å². The summed E-state index contributed by atoms with van der Waals surface area (Å²) in [5.41, 5.74) is 5.53. The van der Waals surface area contributed by atoms with Gasteiger partial charge in [0.2, 0.25) is 5.13 Å². The minimum absolute atomic E-state index is 0.121. The van der Waals surface area contributed by atoms with E-state index in [2.05, 4.69) is 31.4 Å². The van der Waals surface area contributed by atoms with Gasteiger partial charge in [0.15, 0.2) is 11.5 Å². The molecule has 0 radical (unpaired) electrons. The number of para-hydroxylation sites is 1. The number of hydrogen-bond acceptors (Lipinski definition) is 9. The van der Waals surface area contributed by atoms with Gasteiger partial charge in [0.1, 0.15) is 11.1 Å². The van der Waals surface area contributed by atoms with Gasteiger partial charge in [0.25, 0.3) is 5.56 Å². The van der Waals surface area contributed by atoms with E-state index in [1.54, 1.807) is 47.1 Å². The van der Waals surface area contributed by atoms with E-state index in [1.807, 2.05) is 43.4 Å². The van der Waals surface area contributed by atoms with Gasteiger partial charge in [-0.1, -0.05) is 18.2 Å². The molecular formula is C26H26BrN5O5S. The highest BCUT2D eigenvalue weighted by atomic mass is 79.9. The van der Waals surface area contributed by atoms with Gasteiger partial charge in [0.05, 0.1) is 43.4 Å². The number of hydrogen-bond donors (Lipinski definition) is 1. The van der Waals surface area contributed by atoms with Crippen LogP contribution in [0.1, 0.15) is 23.9 Å². The maximum Gasteiger partial charge on any atom is 0.311 e. The van der Waals surface area contributed by atoms with Gasteiger partial charge >= 0.3 is 5.97 Å². The average molecular weight is 600 g/mol. The summed E-state index contributed by atoms with van der Waals surface area (Å²) in [5, 5.41) is 6.56. The molecular weight excluding hydrogens is 574 g/mol. The maximum atomic E-state index is 12.8. The number of hydrazone groups is 1. The maximum absolute atomic E-state index is 12.8. The molecule has 0 saturated carbocycles. The smallest absolute Gasteiger partial charge is 0.311 e. The number of benzene rings is 2. The molecule has 0 bridgehead atoms. The molecule has 2 aromatic carbocycles. The zero-order valence-corrected chi connectivity index (χ0v) is 23.4. The van der Waals surface area contributed by atoms with Gasteiger partial charge in [-0.2, -0.15) is 5.10 Å². The average Bonchev–Trinajstić information content (AvgIpc) is 3.44. The van der Waals surface area contributed by atoms with Crippen molar-refractivity contribution in [3.8, 4) is 17.2 Å². The summed E-state index contributed by atoms with van der Waals surface area (Å²) >= 11 is 4.77. The Bertz CT molecular complexity index is 1500. The van der Waals surface area contributed by atoms with E-state index in [0.29, 0.717) is 39.1 Å². The Morgan fingerprint density at radius 3 is 2.74 bits per heavy atom. The van der Waals surface area contributed by atoms with Gasteiger partial charge in [-0.15, -0.1) is 11.3 Å². The fraction of sp³-hybridized carbons (Fsp3) is 0.231. The lowest BCUT2D eigenvalue weighted by Crippen LogP contribution is -2.19. The molecule has 0 aliphatic carbocycles. The molecule has 0 fully saturated rings. The number of ether oxygens (including phenoxy) is 3. The van der Waals surface area contributed by atoms with E-state index in [-0.39, 0.29) is 24.6 Å². The Balaban J connectivity index is 1.41. The van der Waals surface area contributed by atoms with Crippen LogP contribution in [0.25, 0.3) is 5.69 Å². The molecule has 0 amide bonds. The van der Waals surface area contributed by atoms with Crippen LogP contribution in [-0.2, 0) is 29.6 Å². The Kier molecular flexibility index (Phi) is 8.98. The second kappa shape index (κ2) is 12.6. The number of anilines is 1. The zero-order chi connectivity index (χ0) is 27.1. The van der Waals surface area contributed by atoms with Crippen LogP contribution in [0, 0.1) is 0 Å². The normalized spacial score (nSPS) is 11.1. The number of esters is 1. The lowest BCUT2D eigenvalue weighted by molar-refractivity contribution is -0.142.